The SMILES string of the molecule is CNC1CCC(C)(c2cc(Cl)ccc2Cl)C1. The molecule has 16 heavy (non-hydrogen) atoms. The quantitative estimate of drug-likeness (QED) is 0.844. The number of nitrogens with one attached hydrogen (secondary N) is 1. The summed E-state index contributed by atoms with van der Waals surface area (Å²) in [6.07, 6.45) is 3.50. The van der Waals surface area contributed by atoms with Gasteiger partial charge in [-0.05, 0) is 55.5 Å². The molecule has 1 aromatic carbocycles. The molecule has 1 saturated carbocycles. The number of hydrogen-bond donors (Lipinski definition) is 1. The summed E-state index contributed by atoms with van der Waals surface area (Å²) in [5.74, 6) is 0. The summed E-state index contributed by atoms with van der Waals surface area (Å²) in [6, 6.07) is 6.36. The zero-order chi connectivity index (χ0) is 11.8. The van der Waals surface area contributed by atoms with Crippen molar-refractivity contribution in [3.05, 3.63) is 33.8 Å². The molecule has 2 unspecified atom stereocenters. The average Bonchev–Trinajstić information content (AvgIpc) is 2.65. The maximum atomic E-state index is 6.28. The van der Waals surface area contributed by atoms with Crippen LogP contribution in [0.4, 0.5) is 0 Å². The Morgan fingerprint density at radius 1 is 1.38 bits per heavy atom. The van der Waals surface area contributed by atoms with E-state index in [1.807, 2.05) is 25.2 Å². The number of hydrogen-bond acceptors (Lipinski definition) is 1. The maximum Gasteiger partial charge on any atom is 0.0444 e. The summed E-state index contributed by atoms with van der Waals surface area (Å²) in [7, 11) is 2.02. The Kier molecular flexibility index (Phi) is 3.48. The Morgan fingerprint density at radius 3 is 2.75 bits per heavy atom. The van der Waals surface area contributed by atoms with Gasteiger partial charge in [0.2, 0.25) is 0 Å². The molecule has 1 aliphatic carbocycles. The summed E-state index contributed by atoms with van der Waals surface area (Å²) >= 11 is 12.3. The van der Waals surface area contributed by atoms with E-state index in [9.17, 15) is 0 Å². The normalized spacial score (nSPS) is 29.6. The standard InChI is InChI=1S/C13H17Cl2N/c1-13(6-5-10(8-13)16-2)11-7-9(14)3-4-12(11)15/h3-4,7,10,16H,5-6,8H2,1-2H3. The van der Waals surface area contributed by atoms with Crippen LogP contribution in [0, 0.1) is 0 Å². The van der Waals surface area contributed by atoms with Crippen molar-refractivity contribution in [2.45, 2.75) is 37.6 Å². The second-order valence-corrected chi connectivity index (χ2v) is 5.76. The van der Waals surface area contributed by atoms with Crippen LogP contribution >= 0.6 is 23.2 Å². The molecule has 1 aliphatic rings. The summed E-state index contributed by atoms with van der Waals surface area (Å²) in [5, 5.41) is 4.96. The highest BCUT2D eigenvalue weighted by atomic mass is 35.5. The fraction of sp³-hybridized carbons (Fsp3) is 0.538. The lowest BCUT2D eigenvalue weighted by Crippen LogP contribution is -2.25. The van der Waals surface area contributed by atoms with E-state index >= 15 is 0 Å². The molecule has 1 N–H and O–H groups in total. The summed E-state index contributed by atoms with van der Waals surface area (Å²) in [6.45, 7) is 2.28. The molecule has 0 bridgehead atoms. The Balaban J connectivity index is 2.33. The van der Waals surface area contributed by atoms with Gasteiger partial charge in [-0.1, -0.05) is 30.1 Å². The molecular formula is C13H17Cl2N. The molecule has 1 nitrogen and oxygen atoms in total. The first-order valence-electron chi connectivity index (χ1n) is 5.68. The molecule has 0 aliphatic heterocycles. The van der Waals surface area contributed by atoms with Gasteiger partial charge < -0.3 is 5.32 Å². The largest absolute Gasteiger partial charge is 0.317 e. The molecular weight excluding hydrogens is 241 g/mol. The monoisotopic (exact) mass is 257 g/mol. The molecule has 1 fully saturated rings. The van der Waals surface area contributed by atoms with Crippen LogP contribution in [0.2, 0.25) is 10.0 Å². The van der Waals surface area contributed by atoms with Crippen LogP contribution in [-0.2, 0) is 5.41 Å². The van der Waals surface area contributed by atoms with Crippen molar-refractivity contribution < 1.29 is 0 Å². The van der Waals surface area contributed by atoms with E-state index in [-0.39, 0.29) is 5.41 Å². The zero-order valence-electron chi connectivity index (χ0n) is 9.69. The van der Waals surface area contributed by atoms with Crippen LogP contribution in [0.3, 0.4) is 0 Å². The second-order valence-electron chi connectivity index (χ2n) is 4.91. The van der Waals surface area contributed by atoms with Crippen molar-refractivity contribution in [1.29, 1.82) is 0 Å². The highest BCUT2D eigenvalue weighted by Gasteiger charge is 2.37. The van der Waals surface area contributed by atoms with E-state index < -0.39 is 0 Å². The molecule has 0 aromatic heterocycles. The van der Waals surface area contributed by atoms with E-state index in [2.05, 4.69) is 12.2 Å². The van der Waals surface area contributed by atoms with Gasteiger partial charge in [0.05, 0.1) is 0 Å². The van der Waals surface area contributed by atoms with E-state index in [4.69, 9.17) is 23.2 Å². The zero-order valence-corrected chi connectivity index (χ0v) is 11.2. The van der Waals surface area contributed by atoms with E-state index in [1.54, 1.807) is 0 Å². The third-order valence-corrected chi connectivity index (χ3v) is 4.29. The van der Waals surface area contributed by atoms with Crippen molar-refractivity contribution in [3.8, 4) is 0 Å². The van der Waals surface area contributed by atoms with Gasteiger partial charge in [0, 0.05) is 16.1 Å². The first kappa shape index (κ1) is 12.2. The summed E-state index contributed by atoms with van der Waals surface area (Å²) < 4.78 is 0. The lowest BCUT2D eigenvalue weighted by molar-refractivity contribution is 0.467. The van der Waals surface area contributed by atoms with Gasteiger partial charge in [0.25, 0.3) is 0 Å². The minimum Gasteiger partial charge on any atom is -0.317 e. The van der Waals surface area contributed by atoms with Crippen molar-refractivity contribution >= 4 is 23.2 Å². The lowest BCUT2D eigenvalue weighted by Gasteiger charge is -2.26. The van der Waals surface area contributed by atoms with E-state index in [0.717, 1.165) is 16.5 Å². The molecule has 88 valence electrons. The van der Waals surface area contributed by atoms with Crippen molar-refractivity contribution in [2.24, 2.45) is 0 Å². The predicted octanol–water partition coefficient (Wildman–Crippen LogP) is 4.02. The fourth-order valence-electron chi connectivity index (χ4n) is 2.69. The van der Waals surface area contributed by atoms with Crippen molar-refractivity contribution in [1.82, 2.24) is 5.32 Å². The third kappa shape index (κ3) is 2.22. The maximum absolute atomic E-state index is 6.28. The highest BCUT2D eigenvalue weighted by molar-refractivity contribution is 6.33. The lowest BCUT2D eigenvalue weighted by atomic mass is 9.81. The van der Waals surface area contributed by atoms with Crippen LogP contribution in [0.25, 0.3) is 0 Å². The smallest absolute Gasteiger partial charge is 0.0444 e. The average molecular weight is 258 g/mol. The topological polar surface area (TPSA) is 12.0 Å². The van der Waals surface area contributed by atoms with Gasteiger partial charge in [0.1, 0.15) is 0 Å². The molecule has 1 aromatic rings. The molecule has 0 heterocycles. The van der Waals surface area contributed by atoms with Gasteiger partial charge in [-0.15, -0.1) is 0 Å². The van der Waals surface area contributed by atoms with Crippen LogP contribution in [0.5, 0.6) is 0 Å². The van der Waals surface area contributed by atoms with Gasteiger partial charge in [-0.25, -0.2) is 0 Å². The Hall–Kier alpha value is -0.240. The highest BCUT2D eigenvalue weighted by Crippen LogP contribution is 2.44. The number of rotatable bonds is 2. The number of benzene rings is 1. The predicted molar refractivity (Wildman–Crippen MR) is 70.5 cm³/mol. The molecule has 0 radical (unpaired) electrons. The van der Waals surface area contributed by atoms with E-state index in [0.29, 0.717) is 6.04 Å². The van der Waals surface area contributed by atoms with Crippen molar-refractivity contribution in [3.63, 3.8) is 0 Å². The first-order chi connectivity index (χ1) is 7.55. The van der Waals surface area contributed by atoms with Crippen molar-refractivity contribution in [2.75, 3.05) is 7.05 Å². The fourth-order valence-corrected chi connectivity index (χ4v) is 3.21. The van der Waals surface area contributed by atoms with Crippen LogP contribution < -0.4 is 5.32 Å². The minimum atomic E-state index is 0.162. The molecule has 3 heteroatoms. The first-order valence-corrected chi connectivity index (χ1v) is 6.43. The molecule has 0 saturated heterocycles. The number of halogens is 2. The van der Waals surface area contributed by atoms with Gasteiger partial charge in [0.15, 0.2) is 0 Å². The second kappa shape index (κ2) is 4.56. The molecule has 0 amide bonds. The third-order valence-electron chi connectivity index (χ3n) is 3.73. The van der Waals surface area contributed by atoms with Gasteiger partial charge >= 0.3 is 0 Å². The Labute approximate surface area is 107 Å². The van der Waals surface area contributed by atoms with Crippen LogP contribution in [0.15, 0.2) is 18.2 Å². The van der Waals surface area contributed by atoms with Gasteiger partial charge in [-0.2, -0.15) is 0 Å². The van der Waals surface area contributed by atoms with Gasteiger partial charge in [-0.3, -0.25) is 0 Å². The van der Waals surface area contributed by atoms with Crippen LogP contribution in [-0.4, -0.2) is 13.1 Å². The Bertz CT molecular complexity index is 392. The van der Waals surface area contributed by atoms with E-state index in [1.165, 1.54) is 18.4 Å². The molecule has 2 atom stereocenters. The molecule has 2 rings (SSSR count). The molecule has 0 spiro atoms. The Morgan fingerprint density at radius 2 is 2.12 bits per heavy atom. The summed E-state index contributed by atoms with van der Waals surface area (Å²) in [5.41, 5.74) is 1.36. The summed E-state index contributed by atoms with van der Waals surface area (Å²) in [4.78, 5) is 0. The minimum absolute atomic E-state index is 0.162. The van der Waals surface area contributed by atoms with Crippen LogP contribution in [0.1, 0.15) is 31.7 Å².